The molecule has 0 aromatic heterocycles. The SMILES string of the molecule is CCSCCN1CCC2(O)CCCCC2C1. The van der Waals surface area contributed by atoms with Crippen LogP contribution in [0.4, 0.5) is 0 Å². The van der Waals surface area contributed by atoms with Crippen LogP contribution in [0.25, 0.3) is 0 Å². The molecule has 2 nitrogen and oxygen atoms in total. The van der Waals surface area contributed by atoms with E-state index in [2.05, 4.69) is 11.8 Å². The molecule has 1 aliphatic heterocycles. The zero-order valence-corrected chi connectivity index (χ0v) is 11.3. The molecule has 0 aromatic carbocycles. The molecule has 1 heterocycles. The maximum atomic E-state index is 10.5. The zero-order valence-electron chi connectivity index (χ0n) is 10.5. The number of thioether (sulfide) groups is 1. The molecule has 1 N–H and O–H groups in total. The van der Waals surface area contributed by atoms with Crippen LogP contribution in [0.15, 0.2) is 0 Å². The minimum atomic E-state index is -0.299. The van der Waals surface area contributed by atoms with E-state index < -0.39 is 0 Å². The largest absolute Gasteiger partial charge is 0.390 e. The van der Waals surface area contributed by atoms with Gasteiger partial charge in [-0.1, -0.05) is 19.8 Å². The van der Waals surface area contributed by atoms with Crippen LogP contribution in [-0.4, -0.2) is 46.7 Å². The number of piperidine rings is 1. The smallest absolute Gasteiger partial charge is 0.0700 e. The summed E-state index contributed by atoms with van der Waals surface area (Å²) in [7, 11) is 0. The van der Waals surface area contributed by atoms with Gasteiger partial charge in [0.1, 0.15) is 0 Å². The number of aliphatic hydroxyl groups is 1. The van der Waals surface area contributed by atoms with E-state index in [4.69, 9.17) is 0 Å². The highest BCUT2D eigenvalue weighted by Gasteiger charge is 2.42. The van der Waals surface area contributed by atoms with Gasteiger partial charge in [-0.05, 0) is 25.0 Å². The van der Waals surface area contributed by atoms with Crippen LogP contribution in [0, 0.1) is 5.92 Å². The molecule has 0 amide bonds. The molecule has 2 fully saturated rings. The fraction of sp³-hybridized carbons (Fsp3) is 1.00. The van der Waals surface area contributed by atoms with E-state index in [9.17, 15) is 5.11 Å². The quantitative estimate of drug-likeness (QED) is 0.767. The van der Waals surface area contributed by atoms with Crippen LogP contribution in [0.5, 0.6) is 0 Å². The highest BCUT2D eigenvalue weighted by atomic mass is 32.2. The number of rotatable bonds is 4. The molecule has 2 aliphatic rings. The van der Waals surface area contributed by atoms with Crippen molar-refractivity contribution in [1.29, 1.82) is 0 Å². The molecule has 0 spiro atoms. The molecule has 0 aromatic rings. The predicted molar refractivity (Wildman–Crippen MR) is 71.0 cm³/mol. The van der Waals surface area contributed by atoms with Crippen LogP contribution in [0.1, 0.15) is 39.0 Å². The standard InChI is InChI=1S/C13H25NOS/c1-2-16-10-9-14-8-7-13(15)6-4-3-5-12(13)11-14/h12,15H,2-11H2,1H3. The molecule has 1 saturated heterocycles. The second-order valence-electron chi connectivity index (χ2n) is 5.29. The topological polar surface area (TPSA) is 23.5 Å². The number of fused-ring (bicyclic) bond motifs is 1. The van der Waals surface area contributed by atoms with Gasteiger partial charge in [-0.3, -0.25) is 0 Å². The Hall–Kier alpha value is 0.270. The third kappa shape index (κ3) is 2.93. The summed E-state index contributed by atoms with van der Waals surface area (Å²) in [5.74, 6) is 3.03. The minimum Gasteiger partial charge on any atom is -0.390 e. The maximum Gasteiger partial charge on any atom is 0.0700 e. The fourth-order valence-electron chi connectivity index (χ4n) is 3.18. The molecule has 2 unspecified atom stereocenters. The van der Waals surface area contributed by atoms with E-state index in [1.807, 2.05) is 11.8 Å². The average Bonchev–Trinajstić information content (AvgIpc) is 2.29. The van der Waals surface area contributed by atoms with Gasteiger partial charge in [0.25, 0.3) is 0 Å². The first kappa shape index (κ1) is 12.7. The highest BCUT2D eigenvalue weighted by molar-refractivity contribution is 7.99. The summed E-state index contributed by atoms with van der Waals surface area (Å²) in [5, 5.41) is 10.5. The van der Waals surface area contributed by atoms with Crippen molar-refractivity contribution in [3.05, 3.63) is 0 Å². The molecule has 3 heteroatoms. The summed E-state index contributed by atoms with van der Waals surface area (Å²) in [6.07, 6.45) is 5.86. The third-order valence-electron chi connectivity index (χ3n) is 4.27. The Bertz CT molecular complexity index is 224. The average molecular weight is 243 g/mol. The molecule has 0 bridgehead atoms. The Balaban J connectivity index is 1.80. The van der Waals surface area contributed by atoms with Gasteiger partial charge in [-0.2, -0.15) is 11.8 Å². The van der Waals surface area contributed by atoms with E-state index in [0.717, 1.165) is 25.9 Å². The lowest BCUT2D eigenvalue weighted by Crippen LogP contribution is -2.53. The summed E-state index contributed by atoms with van der Waals surface area (Å²) in [5.41, 5.74) is -0.299. The molecular formula is C13H25NOS. The molecule has 94 valence electrons. The molecular weight excluding hydrogens is 218 g/mol. The van der Waals surface area contributed by atoms with Gasteiger partial charge in [0, 0.05) is 31.3 Å². The van der Waals surface area contributed by atoms with Gasteiger partial charge < -0.3 is 10.0 Å². The summed E-state index contributed by atoms with van der Waals surface area (Å²) in [6.45, 7) is 5.68. The first-order valence-corrected chi connectivity index (χ1v) is 7.92. The highest BCUT2D eigenvalue weighted by Crippen LogP contribution is 2.39. The summed E-state index contributed by atoms with van der Waals surface area (Å²) < 4.78 is 0. The summed E-state index contributed by atoms with van der Waals surface area (Å²) >= 11 is 2.03. The van der Waals surface area contributed by atoms with Gasteiger partial charge in [0.15, 0.2) is 0 Å². The van der Waals surface area contributed by atoms with Crippen LogP contribution in [-0.2, 0) is 0 Å². The van der Waals surface area contributed by atoms with Crippen LogP contribution < -0.4 is 0 Å². The van der Waals surface area contributed by atoms with Crippen molar-refractivity contribution >= 4 is 11.8 Å². The maximum absolute atomic E-state index is 10.5. The second kappa shape index (κ2) is 5.74. The van der Waals surface area contributed by atoms with Crippen molar-refractivity contribution in [3.63, 3.8) is 0 Å². The summed E-state index contributed by atoms with van der Waals surface area (Å²) in [6, 6.07) is 0. The lowest BCUT2D eigenvalue weighted by Gasteiger charge is -2.47. The summed E-state index contributed by atoms with van der Waals surface area (Å²) in [4.78, 5) is 2.56. The molecule has 1 saturated carbocycles. The molecule has 16 heavy (non-hydrogen) atoms. The van der Waals surface area contributed by atoms with Crippen molar-refractivity contribution in [2.75, 3.05) is 31.1 Å². The lowest BCUT2D eigenvalue weighted by atomic mass is 9.71. The van der Waals surface area contributed by atoms with E-state index in [1.54, 1.807) is 0 Å². The van der Waals surface area contributed by atoms with Crippen molar-refractivity contribution in [3.8, 4) is 0 Å². The first-order chi connectivity index (χ1) is 7.74. The third-order valence-corrected chi connectivity index (χ3v) is 5.15. The fourth-order valence-corrected chi connectivity index (χ4v) is 3.86. The number of hydrogen-bond donors (Lipinski definition) is 1. The van der Waals surface area contributed by atoms with Crippen LogP contribution in [0.2, 0.25) is 0 Å². The van der Waals surface area contributed by atoms with E-state index in [0.29, 0.717) is 5.92 Å². The zero-order chi connectivity index (χ0) is 11.4. The Labute approximate surface area is 104 Å². The number of hydrogen-bond acceptors (Lipinski definition) is 3. The number of nitrogens with zero attached hydrogens (tertiary/aromatic N) is 1. The van der Waals surface area contributed by atoms with Gasteiger partial charge in [0.2, 0.25) is 0 Å². The predicted octanol–water partition coefficient (Wildman–Crippen LogP) is 2.37. The van der Waals surface area contributed by atoms with Gasteiger partial charge in [-0.15, -0.1) is 0 Å². The minimum absolute atomic E-state index is 0.299. The van der Waals surface area contributed by atoms with Crippen LogP contribution >= 0.6 is 11.8 Å². The first-order valence-electron chi connectivity index (χ1n) is 6.77. The second-order valence-corrected chi connectivity index (χ2v) is 6.69. The number of likely N-dealkylation sites (tertiary alicyclic amines) is 1. The van der Waals surface area contributed by atoms with E-state index >= 15 is 0 Å². The van der Waals surface area contributed by atoms with Crippen molar-refractivity contribution < 1.29 is 5.11 Å². The molecule has 2 atom stereocenters. The van der Waals surface area contributed by atoms with E-state index in [-0.39, 0.29) is 5.60 Å². The van der Waals surface area contributed by atoms with Gasteiger partial charge in [-0.25, -0.2) is 0 Å². The molecule has 1 aliphatic carbocycles. The van der Waals surface area contributed by atoms with Crippen molar-refractivity contribution in [2.24, 2.45) is 5.92 Å². The Morgan fingerprint density at radius 1 is 1.38 bits per heavy atom. The monoisotopic (exact) mass is 243 g/mol. The van der Waals surface area contributed by atoms with Crippen molar-refractivity contribution in [2.45, 2.75) is 44.6 Å². The Morgan fingerprint density at radius 3 is 3.06 bits per heavy atom. The van der Waals surface area contributed by atoms with Crippen molar-refractivity contribution in [1.82, 2.24) is 4.90 Å². The van der Waals surface area contributed by atoms with Crippen LogP contribution in [0.3, 0.4) is 0 Å². The molecule has 2 rings (SSSR count). The lowest BCUT2D eigenvalue weighted by molar-refractivity contribution is -0.0942. The molecule has 0 radical (unpaired) electrons. The normalized spacial score (nSPS) is 36.0. The Morgan fingerprint density at radius 2 is 2.25 bits per heavy atom. The van der Waals surface area contributed by atoms with Gasteiger partial charge >= 0.3 is 0 Å². The van der Waals surface area contributed by atoms with Gasteiger partial charge in [0.05, 0.1) is 5.60 Å². The van der Waals surface area contributed by atoms with E-state index in [1.165, 1.54) is 37.3 Å². The Kier molecular flexibility index (Phi) is 4.57.